The molecule has 0 aliphatic heterocycles. The quantitative estimate of drug-likeness (QED) is 0.595. The molecule has 0 radical (unpaired) electrons. The molecule has 0 atom stereocenters. The average molecular weight is 196 g/mol. The van der Waals surface area contributed by atoms with Crippen molar-refractivity contribution >= 4 is 0 Å². The van der Waals surface area contributed by atoms with Gasteiger partial charge in [-0.25, -0.2) is 0 Å². The topological polar surface area (TPSA) is 0 Å². The van der Waals surface area contributed by atoms with Crippen LogP contribution >= 0.6 is 0 Å². The van der Waals surface area contributed by atoms with Crippen molar-refractivity contribution in [1.82, 2.24) is 0 Å². The first-order valence-electron chi connectivity index (χ1n) is 3.05. The van der Waals surface area contributed by atoms with E-state index in [1.54, 1.807) is 28.0 Å². The van der Waals surface area contributed by atoms with Crippen LogP contribution in [-0.4, -0.2) is 0 Å². The van der Waals surface area contributed by atoms with Crippen LogP contribution in [0.5, 0.6) is 0 Å². The summed E-state index contributed by atoms with van der Waals surface area (Å²) in [5.74, 6) is 0. The zero-order chi connectivity index (χ0) is 6.69. The Hall–Kier alpha value is 0.103. The molecule has 0 aromatic heterocycles. The summed E-state index contributed by atoms with van der Waals surface area (Å²) in [5.41, 5.74) is 1.49. The van der Waals surface area contributed by atoms with Crippen LogP contribution in [0.25, 0.3) is 0 Å². The molecule has 1 aliphatic rings. The van der Waals surface area contributed by atoms with Gasteiger partial charge in [-0.3, -0.25) is 0 Å². The van der Waals surface area contributed by atoms with Crippen LogP contribution in [0.4, 0.5) is 0 Å². The van der Waals surface area contributed by atoms with E-state index in [4.69, 9.17) is 0 Å². The van der Waals surface area contributed by atoms with Crippen LogP contribution in [0.1, 0.15) is 12.8 Å². The van der Waals surface area contributed by atoms with Crippen molar-refractivity contribution in [1.29, 1.82) is 0 Å². The Labute approximate surface area is 71.2 Å². The second kappa shape index (κ2) is 3.32. The Morgan fingerprint density at radius 2 is 2.56 bits per heavy atom. The fourth-order valence-corrected chi connectivity index (χ4v) is 1.64. The second-order valence-corrected chi connectivity index (χ2v) is 3.59. The van der Waals surface area contributed by atoms with E-state index in [1.165, 1.54) is 12.0 Å². The summed E-state index contributed by atoms with van der Waals surface area (Å²) < 4.78 is 1.59. The summed E-state index contributed by atoms with van der Waals surface area (Å²) in [6.07, 6.45) is 8.64. The van der Waals surface area contributed by atoms with Crippen LogP contribution in [0.2, 0.25) is 0 Å². The number of hydrogen-bond donors (Lipinski definition) is 0. The van der Waals surface area contributed by atoms with Crippen molar-refractivity contribution < 1.29 is 24.7 Å². The molecule has 0 N–H and O–H groups in total. The third kappa shape index (κ3) is 1.76. The molecule has 0 nitrogen and oxygen atoms in total. The molecule has 45 valence electrons. The van der Waals surface area contributed by atoms with Gasteiger partial charge in [0.05, 0.1) is 0 Å². The summed E-state index contributed by atoms with van der Waals surface area (Å²) in [7, 11) is 0. The van der Waals surface area contributed by atoms with Crippen molar-refractivity contribution in [2.24, 2.45) is 0 Å². The molecule has 0 aromatic carbocycles. The molecule has 0 saturated carbocycles. The van der Waals surface area contributed by atoms with E-state index in [-0.39, 0.29) is 0 Å². The fourth-order valence-electron chi connectivity index (χ4n) is 0.897. The maximum absolute atomic E-state index is 3.70. The van der Waals surface area contributed by atoms with Gasteiger partial charge >= 0.3 is 71.2 Å². The van der Waals surface area contributed by atoms with E-state index in [0.29, 0.717) is 0 Å². The fraction of sp³-hybridized carbons (Fsp3) is 0.250. The van der Waals surface area contributed by atoms with E-state index in [9.17, 15) is 0 Å². The van der Waals surface area contributed by atoms with Gasteiger partial charge in [-0.1, -0.05) is 0 Å². The normalized spacial score (nSPS) is 16.8. The van der Waals surface area contributed by atoms with Gasteiger partial charge in [0.15, 0.2) is 0 Å². The van der Waals surface area contributed by atoms with Crippen molar-refractivity contribution in [2.75, 3.05) is 0 Å². The molecule has 0 fully saturated rings. The molecule has 1 heteroatoms. The van der Waals surface area contributed by atoms with Gasteiger partial charge in [-0.05, 0) is 0 Å². The van der Waals surface area contributed by atoms with Gasteiger partial charge in [0.1, 0.15) is 0 Å². The third-order valence-electron chi connectivity index (χ3n) is 1.39. The molecule has 1 rings (SSSR count). The maximum atomic E-state index is 3.70. The van der Waals surface area contributed by atoms with E-state index in [2.05, 4.69) is 18.7 Å². The van der Waals surface area contributed by atoms with E-state index < -0.39 is 0 Å². The molecule has 0 heterocycles. The van der Waals surface area contributed by atoms with Gasteiger partial charge in [-0.2, -0.15) is 0 Å². The van der Waals surface area contributed by atoms with Gasteiger partial charge in [0.2, 0.25) is 0 Å². The van der Waals surface area contributed by atoms with Crippen LogP contribution in [0.15, 0.2) is 33.7 Å². The van der Waals surface area contributed by atoms with Crippen LogP contribution in [0.3, 0.4) is 0 Å². The van der Waals surface area contributed by atoms with E-state index in [0.717, 1.165) is 6.42 Å². The summed E-state index contributed by atoms with van der Waals surface area (Å²) >= 11 is 1.56. The predicted molar refractivity (Wildman–Crippen MR) is 35.6 cm³/mol. The van der Waals surface area contributed by atoms with Gasteiger partial charge in [0.25, 0.3) is 0 Å². The molecular weight excluding hydrogens is 187 g/mol. The van der Waals surface area contributed by atoms with Crippen molar-refractivity contribution in [3.05, 3.63) is 33.7 Å². The number of allylic oxidation sites excluding steroid dienone is 5. The Bertz CT molecular complexity index is 175. The minimum absolute atomic E-state index is 1.05. The Kier molecular flexibility index (Phi) is 2.66. The molecular formula is C8H9Zr. The zero-order valence-electron chi connectivity index (χ0n) is 5.35. The summed E-state index contributed by atoms with van der Waals surface area (Å²) in [6.45, 7) is 3.70. The first kappa shape index (κ1) is 7.21. The zero-order valence-corrected chi connectivity index (χ0v) is 7.81. The molecule has 1 aliphatic carbocycles. The van der Waals surface area contributed by atoms with Crippen LogP contribution in [0, 0.1) is 0 Å². The average Bonchev–Trinajstić information content (AvgIpc) is 2.18. The predicted octanol–water partition coefficient (Wildman–Crippen LogP) is 2.32. The molecule has 0 bridgehead atoms. The number of rotatable bonds is 2. The molecule has 0 spiro atoms. The monoisotopic (exact) mass is 195 g/mol. The van der Waals surface area contributed by atoms with E-state index >= 15 is 0 Å². The Morgan fingerprint density at radius 1 is 1.78 bits per heavy atom. The van der Waals surface area contributed by atoms with Crippen LogP contribution in [-0.2, 0) is 24.7 Å². The van der Waals surface area contributed by atoms with Gasteiger partial charge < -0.3 is 0 Å². The molecule has 0 unspecified atom stereocenters. The molecule has 9 heavy (non-hydrogen) atoms. The summed E-state index contributed by atoms with van der Waals surface area (Å²) in [4.78, 5) is 0. The second-order valence-electron chi connectivity index (χ2n) is 2.10. The van der Waals surface area contributed by atoms with Crippen LogP contribution < -0.4 is 0 Å². The standard InChI is InChI=1S/C8H9.Zr/c1-2-5-8-6-3-4-7-8;/h2-3,6H,1,4-5H2;. The Morgan fingerprint density at radius 3 is 3.00 bits per heavy atom. The summed E-state index contributed by atoms with van der Waals surface area (Å²) in [5, 5.41) is 0. The van der Waals surface area contributed by atoms with E-state index in [1.807, 2.05) is 6.08 Å². The number of hydrogen-bond acceptors (Lipinski definition) is 0. The van der Waals surface area contributed by atoms with Gasteiger partial charge in [-0.15, -0.1) is 0 Å². The van der Waals surface area contributed by atoms with Crippen molar-refractivity contribution in [3.8, 4) is 0 Å². The Balaban J connectivity index is 2.64. The first-order chi connectivity index (χ1) is 4.34. The minimum atomic E-state index is 1.05. The molecule has 0 amide bonds. The van der Waals surface area contributed by atoms with Crippen molar-refractivity contribution in [3.63, 3.8) is 0 Å². The van der Waals surface area contributed by atoms with Crippen molar-refractivity contribution in [2.45, 2.75) is 12.8 Å². The first-order valence-corrected chi connectivity index (χ1v) is 4.28. The van der Waals surface area contributed by atoms with Gasteiger partial charge in [0, 0.05) is 0 Å². The SMILES string of the molecule is C=CCC1=[C]([Zr])CC=C1. The third-order valence-corrected chi connectivity index (χ3v) is 2.68. The molecule has 0 saturated heterocycles. The summed E-state index contributed by atoms with van der Waals surface area (Å²) in [6, 6.07) is 0. The molecule has 0 aromatic rings.